The first-order valence-electron chi connectivity index (χ1n) is 7.81. The summed E-state index contributed by atoms with van der Waals surface area (Å²) in [6, 6.07) is 7.67. The van der Waals surface area contributed by atoms with Gasteiger partial charge in [0.05, 0.1) is 5.92 Å². The molecular formula is C17H24ClN3O2. The smallest absolute Gasteiger partial charge is 0.230 e. The van der Waals surface area contributed by atoms with E-state index in [0.717, 1.165) is 17.7 Å². The number of likely N-dealkylation sites (tertiary alicyclic amines) is 1. The van der Waals surface area contributed by atoms with Crippen LogP contribution in [0.25, 0.3) is 0 Å². The van der Waals surface area contributed by atoms with Crippen LogP contribution < -0.4 is 11.1 Å². The molecule has 5 nitrogen and oxygen atoms in total. The number of nitrogens with one attached hydrogen (secondary N) is 1. The molecule has 2 aliphatic rings. The van der Waals surface area contributed by atoms with Gasteiger partial charge in [-0.1, -0.05) is 32.0 Å². The lowest BCUT2D eigenvalue weighted by Gasteiger charge is -2.44. The van der Waals surface area contributed by atoms with E-state index in [1.165, 1.54) is 0 Å². The summed E-state index contributed by atoms with van der Waals surface area (Å²) in [4.78, 5) is 26.7. The first-order valence-corrected chi connectivity index (χ1v) is 7.81. The molecule has 2 heterocycles. The molecule has 3 N–H and O–H groups in total. The Kier molecular flexibility index (Phi) is 5.01. The van der Waals surface area contributed by atoms with Crippen LogP contribution in [0.3, 0.4) is 0 Å². The van der Waals surface area contributed by atoms with Crippen LogP contribution >= 0.6 is 12.4 Å². The van der Waals surface area contributed by atoms with Crippen molar-refractivity contribution in [2.75, 3.05) is 18.4 Å². The van der Waals surface area contributed by atoms with Crippen molar-refractivity contribution in [3.05, 3.63) is 29.8 Å². The zero-order valence-corrected chi connectivity index (χ0v) is 14.4. The summed E-state index contributed by atoms with van der Waals surface area (Å²) in [5.41, 5.74) is 7.73. The second kappa shape index (κ2) is 6.49. The van der Waals surface area contributed by atoms with E-state index in [-0.39, 0.29) is 48.0 Å². The number of para-hydroxylation sites is 1. The summed E-state index contributed by atoms with van der Waals surface area (Å²) in [6.07, 6.45) is 1.03. The molecule has 0 spiro atoms. The first kappa shape index (κ1) is 17.8. The van der Waals surface area contributed by atoms with Crippen LogP contribution in [0.4, 0.5) is 5.69 Å². The van der Waals surface area contributed by atoms with E-state index in [9.17, 15) is 9.59 Å². The second-order valence-corrected chi connectivity index (χ2v) is 7.04. The normalized spacial score (nSPS) is 25.9. The van der Waals surface area contributed by atoms with Gasteiger partial charge >= 0.3 is 0 Å². The highest BCUT2D eigenvalue weighted by Gasteiger charge is 2.39. The molecule has 3 rings (SSSR count). The maximum absolute atomic E-state index is 13.0. The number of carbonyl (C=O) groups is 2. The zero-order valence-electron chi connectivity index (χ0n) is 13.5. The number of nitrogens with two attached hydrogens (primary N) is 1. The average Bonchev–Trinajstić information content (AvgIpc) is 2.48. The lowest BCUT2D eigenvalue weighted by Crippen LogP contribution is -2.55. The molecule has 0 bridgehead atoms. The monoisotopic (exact) mass is 337 g/mol. The Balaban J connectivity index is 0.00000192. The number of piperidine rings is 1. The van der Waals surface area contributed by atoms with Crippen LogP contribution in [0.15, 0.2) is 24.3 Å². The van der Waals surface area contributed by atoms with Gasteiger partial charge in [-0.15, -0.1) is 12.4 Å². The third kappa shape index (κ3) is 3.35. The lowest BCUT2D eigenvalue weighted by atomic mass is 9.79. The van der Waals surface area contributed by atoms with Crippen LogP contribution in [0, 0.1) is 5.41 Å². The van der Waals surface area contributed by atoms with Gasteiger partial charge in [-0.2, -0.15) is 0 Å². The summed E-state index contributed by atoms with van der Waals surface area (Å²) in [5, 5.41) is 2.84. The fraction of sp³-hybridized carbons (Fsp3) is 0.529. The summed E-state index contributed by atoms with van der Waals surface area (Å²) in [5.74, 6) is -0.428. The SMILES string of the molecule is CC1(C)CN(C(=O)C2CC(=O)Nc3ccccc32)CCC1N.Cl. The van der Waals surface area contributed by atoms with Gasteiger partial charge in [-0.25, -0.2) is 0 Å². The Morgan fingerprint density at radius 2 is 2.04 bits per heavy atom. The number of hydrogen-bond donors (Lipinski definition) is 2. The van der Waals surface area contributed by atoms with E-state index in [4.69, 9.17) is 5.73 Å². The Labute approximate surface area is 143 Å². The molecule has 1 aromatic rings. The van der Waals surface area contributed by atoms with Gasteiger partial charge in [0, 0.05) is 31.2 Å². The molecule has 2 atom stereocenters. The first-order chi connectivity index (χ1) is 10.4. The van der Waals surface area contributed by atoms with Crippen LogP contribution in [0.5, 0.6) is 0 Å². The average molecular weight is 338 g/mol. The highest BCUT2D eigenvalue weighted by molar-refractivity contribution is 6.01. The second-order valence-electron chi connectivity index (χ2n) is 7.04. The van der Waals surface area contributed by atoms with E-state index >= 15 is 0 Å². The minimum atomic E-state index is -0.380. The van der Waals surface area contributed by atoms with Gasteiger partial charge in [-0.05, 0) is 23.5 Å². The van der Waals surface area contributed by atoms with Gasteiger partial charge in [0.2, 0.25) is 11.8 Å². The number of benzene rings is 1. The summed E-state index contributed by atoms with van der Waals surface area (Å²) in [6.45, 7) is 5.51. The number of halogens is 1. The van der Waals surface area contributed by atoms with Gasteiger partial charge in [-0.3, -0.25) is 9.59 Å². The number of anilines is 1. The van der Waals surface area contributed by atoms with Crippen LogP contribution in [0.2, 0.25) is 0 Å². The zero-order chi connectivity index (χ0) is 15.9. The summed E-state index contributed by atoms with van der Waals surface area (Å²) in [7, 11) is 0. The molecule has 2 aliphatic heterocycles. The lowest BCUT2D eigenvalue weighted by molar-refractivity contribution is -0.138. The summed E-state index contributed by atoms with van der Waals surface area (Å²) >= 11 is 0. The highest BCUT2D eigenvalue weighted by Crippen LogP contribution is 2.35. The minimum Gasteiger partial charge on any atom is -0.342 e. The molecule has 1 fully saturated rings. The molecule has 1 aromatic carbocycles. The van der Waals surface area contributed by atoms with Crippen LogP contribution in [0.1, 0.15) is 38.2 Å². The third-order valence-corrected chi connectivity index (χ3v) is 4.92. The highest BCUT2D eigenvalue weighted by atomic mass is 35.5. The van der Waals surface area contributed by atoms with Crippen molar-refractivity contribution >= 4 is 29.9 Å². The fourth-order valence-corrected chi connectivity index (χ4v) is 3.41. The number of hydrogen-bond acceptors (Lipinski definition) is 3. The Morgan fingerprint density at radius 1 is 1.35 bits per heavy atom. The molecule has 23 heavy (non-hydrogen) atoms. The van der Waals surface area contributed by atoms with Gasteiger partial charge in [0.1, 0.15) is 0 Å². The van der Waals surface area contributed by atoms with E-state index in [1.807, 2.05) is 29.2 Å². The van der Waals surface area contributed by atoms with Crippen molar-refractivity contribution in [1.82, 2.24) is 4.90 Å². The standard InChI is InChI=1S/C17H23N3O2.ClH/c1-17(2)10-20(8-7-14(17)18)16(22)12-9-15(21)19-13-6-4-3-5-11(12)13;/h3-6,12,14H,7-10,18H2,1-2H3,(H,19,21);1H. The van der Waals surface area contributed by atoms with Crippen LogP contribution in [-0.4, -0.2) is 35.8 Å². The molecule has 2 amide bonds. The Morgan fingerprint density at radius 3 is 2.74 bits per heavy atom. The van der Waals surface area contributed by atoms with Crippen molar-refractivity contribution in [1.29, 1.82) is 0 Å². The quantitative estimate of drug-likeness (QED) is 0.824. The number of nitrogens with zero attached hydrogens (tertiary/aromatic N) is 1. The minimum absolute atomic E-state index is 0. The van der Waals surface area contributed by atoms with Crippen molar-refractivity contribution in [2.24, 2.45) is 11.1 Å². The molecule has 0 saturated carbocycles. The van der Waals surface area contributed by atoms with E-state index in [2.05, 4.69) is 19.2 Å². The Hall–Kier alpha value is -1.59. The number of amides is 2. The molecule has 2 unspecified atom stereocenters. The summed E-state index contributed by atoms with van der Waals surface area (Å²) < 4.78 is 0. The molecule has 0 aliphatic carbocycles. The van der Waals surface area contributed by atoms with Gasteiger partial charge < -0.3 is 16.0 Å². The van der Waals surface area contributed by atoms with Crippen molar-refractivity contribution < 1.29 is 9.59 Å². The number of rotatable bonds is 1. The van der Waals surface area contributed by atoms with Crippen molar-refractivity contribution in [3.63, 3.8) is 0 Å². The predicted molar refractivity (Wildman–Crippen MR) is 92.6 cm³/mol. The van der Waals surface area contributed by atoms with Crippen molar-refractivity contribution in [2.45, 2.75) is 38.6 Å². The van der Waals surface area contributed by atoms with E-state index in [1.54, 1.807) is 0 Å². The predicted octanol–water partition coefficient (Wildman–Crippen LogP) is 2.12. The molecule has 126 valence electrons. The van der Waals surface area contributed by atoms with Gasteiger partial charge in [0.15, 0.2) is 0 Å². The number of carbonyl (C=O) groups excluding carboxylic acids is 2. The molecule has 0 radical (unpaired) electrons. The molecule has 1 saturated heterocycles. The maximum atomic E-state index is 13.0. The van der Waals surface area contributed by atoms with Crippen LogP contribution in [-0.2, 0) is 9.59 Å². The Bertz CT molecular complexity index is 618. The fourth-order valence-electron chi connectivity index (χ4n) is 3.41. The van der Waals surface area contributed by atoms with E-state index in [0.29, 0.717) is 13.1 Å². The molecule has 0 aromatic heterocycles. The molecular weight excluding hydrogens is 314 g/mol. The third-order valence-electron chi connectivity index (χ3n) is 4.92. The largest absolute Gasteiger partial charge is 0.342 e. The maximum Gasteiger partial charge on any atom is 0.230 e. The van der Waals surface area contributed by atoms with E-state index < -0.39 is 0 Å². The topological polar surface area (TPSA) is 75.4 Å². The molecule has 6 heteroatoms. The van der Waals surface area contributed by atoms with Crippen molar-refractivity contribution in [3.8, 4) is 0 Å². The number of fused-ring (bicyclic) bond motifs is 1. The van der Waals surface area contributed by atoms with Gasteiger partial charge in [0.25, 0.3) is 0 Å².